The van der Waals surface area contributed by atoms with Crippen LogP contribution < -0.4 is 0 Å². The van der Waals surface area contributed by atoms with E-state index in [1.165, 1.54) is 0 Å². The lowest BCUT2D eigenvalue weighted by atomic mass is 9.97. The summed E-state index contributed by atoms with van der Waals surface area (Å²) in [6.07, 6.45) is 0.529. The molecule has 2 aromatic rings. The highest BCUT2D eigenvalue weighted by molar-refractivity contribution is 9.09. The van der Waals surface area contributed by atoms with E-state index in [0.29, 0.717) is 11.7 Å². The van der Waals surface area contributed by atoms with Gasteiger partial charge >= 0.3 is 0 Å². The molecule has 0 saturated heterocycles. The van der Waals surface area contributed by atoms with Gasteiger partial charge in [-0.1, -0.05) is 63.7 Å². The third kappa shape index (κ3) is 3.54. The molecule has 18 heavy (non-hydrogen) atoms. The number of aromatic nitrogens is 2. The van der Waals surface area contributed by atoms with Crippen LogP contribution in [0.25, 0.3) is 11.0 Å². The molecule has 0 aliphatic heterocycles. The molecule has 2 radical (unpaired) electrons. The predicted octanol–water partition coefficient (Wildman–Crippen LogP) is 4.11. The van der Waals surface area contributed by atoms with Crippen molar-refractivity contribution in [2.24, 2.45) is 0 Å². The third-order valence-corrected chi connectivity index (χ3v) is 3.43. The summed E-state index contributed by atoms with van der Waals surface area (Å²) in [5.74, 6) is 0. The first-order valence-corrected chi connectivity index (χ1v) is 8.13. The molecule has 0 N–H and O–H groups in total. The first-order valence-electron chi connectivity index (χ1n) is 5.89. The van der Waals surface area contributed by atoms with Crippen LogP contribution in [-0.2, 0) is 17.0 Å². The van der Waals surface area contributed by atoms with E-state index in [4.69, 9.17) is 7.85 Å². The van der Waals surface area contributed by atoms with Crippen molar-refractivity contribution < 1.29 is 0 Å². The van der Waals surface area contributed by atoms with Crippen LogP contribution in [0, 0.1) is 0 Å². The van der Waals surface area contributed by atoms with Crippen molar-refractivity contribution in [1.29, 1.82) is 0 Å². The number of nitrogens with zero attached hydrogens (tertiary/aromatic N) is 2. The molecule has 0 aliphatic carbocycles. The number of hydrogen-bond donors (Lipinski definition) is 0. The van der Waals surface area contributed by atoms with Gasteiger partial charge in [0.05, 0.1) is 30.3 Å². The molecule has 2 rings (SSSR count). The second kappa shape index (κ2) is 7.90. The molecule has 0 spiro atoms. The van der Waals surface area contributed by atoms with Gasteiger partial charge in [0.25, 0.3) is 0 Å². The number of benzene rings is 1. The molecule has 0 aliphatic rings. The van der Waals surface area contributed by atoms with E-state index in [9.17, 15) is 0 Å². The Morgan fingerprint density at radius 3 is 2.06 bits per heavy atom. The van der Waals surface area contributed by atoms with Gasteiger partial charge in [0.1, 0.15) is 0 Å². The van der Waals surface area contributed by atoms with E-state index < -0.39 is 0 Å². The first-order chi connectivity index (χ1) is 8.78. The zero-order chi connectivity index (χ0) is 13.5. The van der Waals surface area contributed by atoms with E-state index in [0.717, 1.165) is 33.3 Å². The Bertz CT molecular complexity index is 518. The van der Waals surface area contributed by atoms with E-state index >= 15 is 0 Å². The minimum absolute atomic E-state index is 0.529. The molecule has 0 fully saturated rings. The normalized spacial score (nSPS) is 10.0. The fraction of sp³-hybridized carbons (Fsp3) is 0.385. The molecular formula is C13H15BBr2N2. The molecule has 0 unspecified atom stereocenters. The maximum atomic E-state index is 5.60. The van der Waals surface area contributed by atoms with Gasteiger partial charge in [-0.15, -0.1) is 0 Å². The van der Waals surface area contributed by atoms with Crippen LogP contribution in [0.2, 0.25) is 0 Å². The number of rotatable bonds is 3. The Morgan fingerprint density at radius 1 is 1.00 bits per heavy atom. The second-order valence-corrected chi connectivity index (χ2v) is 4.53. The van der Waals surface area contributed by atoms with Gasteiger partial charge in [0.15, 0.2) is 0 Å². The van der Waals surface area contributed by atoms with E-state index in [1.807, 2.05) is 32.0 Å². The monoisotopic (exact) mass is 368 g/mol. The molecule has 5 heteroatoms. The molecule has 0 atom stereocenters. The third-order valence-electron chi connectivity index (χ3n) is 2.37. The molecule has 1 aromatic carbocycles. The molecule has 0 saturated carbocycles. The maximum absolute atomic E-state index is 5.60. The van der Waals surface area contributed by atoms with Crippen LogP contribution in [0.15, 0.2) is 18.2 Å². The fourth-order valence-electron chi connectivity index (χ4n) is 1.51. The highest BCUT2D eigenvalue weighted by atomic mass is 79.9. The zero-order valence-electron chi connectivity index (χ0n) is 10.6. The summed E-state index contributed by atoms with van der Waals surface area (Å²) in [6.45, 7) is 4.00. The topological polar surface area (TPSA) is 25.8 Å². The summed E-state index contributed by atoms with van der Waals surface area (Å²) in [7, 11) is 5.60. The summed E-state index contributed by atoms with van der Waals surface area (Å²) in [5.41, 5.74) is 4.84. The van der Waals surface area contributed by atoms with Crippen molar-refractivity contribution >= 4 is 50.7 Å². The van der Waals surface area contributed by atoms with Crippen molar-refractivity contribution in [2.45, 2.75) is 30.8 Å². The Kier molecular flexibility index (Phi) is 6.86. The summed E-state index contributed by atoms with van der Waals surface area (Å²) in [5, 5.41) is 1.43. The van der Waals surface area contributed by atoms with Crippen molar-refractivity contribution in [1.82, 2.24) is 9.97 Å². The Labute approximate surface area is 126 Å². The van der Waals surface area contributed by atoms with Gasteiger partial charge in [-0.05, 0) is 12.1 Å². The highest BCUT2D eigenvalue weighted by Gasteiger charge is 2.06. The standard InChI is InChI=1S/C11H9BBr2N2.C2H6/c12-4-7-1-2-8-9(3-7)16-11(6-14)10(5-13)15-8;1-2/h1-3H,4-6H2;1-2H3. The lowest BCUT2D eigenvalue weighted by Gasteiger charge is -2.06. The smallest absolute Gasteiger partial charge is 0.0893 e. The van der Waals surface area contributed by atoms with Crippen LogP contribution in [0.1, 0.15) is 30.8 Å². The quantitative estimate of drug-likeness (QED) is 0.601. The summed E-state index contributed by atoms with van der Waals surface area (Å²) in [6, 6.07) is 5.95. The highest BCUT2D eigenvalue weighted by Crippen LogP contribution is 2.18. The molecule has 1 aromatic heterocycles. The molecule has 0 amide bonds. The summed E-state index contributed by atoms with van der Waals surface area (Å²) in [4.78, 5) is 9.14. The molecule has 1 heterocycles. The molecular weight excluding hydrogens is 355 g/mol. The number of alkyl halides is 2. The van der Waals surface area contributed by atoms with Gasteiger partial charge in [0.2, 0.25) is 0 Å². The van der Waals surface area contributed by atoms with Crippen LogP contribution in [-0.4, -0.2) is 17.8 Å². The zero-order valence-corrected chi connectivity index (χ0v) is 13.8. The van der Waals surface area contributed by atoms with Gasteiger partial charge in [-0.25, -0.2) is 9.97 Å². The van der Waals surface area contributed by atoms with Crippen LogP contribution in [0.5, 0.6) is 0 Å². The van der Waals surface area contributed by atoms with Crippen molar-refractivity contribution in [2.75, 3.05) is 0 Å². The number of halogens is 2. The second-order valence-electron chi connectivity index (χ2n) is 3.41. The lowest BCUT2D eigenvalue weighted by Crippen LogP contribution is -1.99. The first kappa shape index (κ1) is 15.6. The van der Waals surface area contributed by atoms with E-state index in [1.54, 1.807) is 0 Å². The van der Waals surface area contributed by atoms with Gasteiger partial charge in [0, 0.05) is 10.7 Å². The Hall–Kier alpha value is -0.415. The van der Waals surface area contributed by atoms with Crippen molar-refractivity contribution in [3.05, 3.63) is 35.2 Å². The van der Waals surface area contributed by atoms with Gasteiger partial charge < -0.3 is 0 Å². The van der Waals surface area contributed by atoms with Crippen LogP contribution in [0.4, 0.5) is 0 Å². The van der Waals surface area contributed by atoms with Crippen LogP contribution in [0.3, 0.4) is 0 Å². The van der Waals surface area contributed by atoms with E-state index in [-0.39, 0.29) is 0 Å². The molecule has 94 valence electrons. The summed E-state index contributed by atoms with van der Waals surface area (Å²) < 4.78 is 0. The predicted molar refractivity (Wildman–Crippen MR) is 85.6 cm³/mol. The Balaban J connectivity index is 0.000000771. The molecule has 2 nitrogen and oxygen atoms in total. The Morgan fingerprint density at radius 2 is 1.56 bits per heavy atom. The molecule has 0 bridgehead atoms. The van der Waals surface area contributed by atoms with Crippen molar-refractivity contribution in [3.8, 4) is 0 Å². The van der Waals surface area contributed by atoms with Crippen molar-refractivity contribution in [3.63, 3.8) is 0 Å². The maximum Gasteiger partial charge on any atom is 0.0893 e. The van der Waals surface area contributed by atoms with Gasteiger partial charge in [-0.3, -0.25) is 0 Å². The average molecular weight is 370 g/mol. The average Bonchev–Trinajstić information content (AvgIpc) is 2.47. The number of hydrogen-bond acceptors (Lipinski definition) is 2. The van der Waals surface area contributed by atoms with Gasteiger partial charge in [-0.2, -0.15) is 0 Å². The number of fused-ring (bicyclic) bond motifs is 1. The summed E-state index contributed by atoms with van der Waals surface area (Å²) >= 11 is 6.84. The van der Waals surface area contributed by atoms with E-state index in [2.05, 4.69) is 41.8 Å². The SMILES string of the molecule is CC.[B]Cc1ccc2nc(CBr)c(CBr)nc2c1. The fourth-order valence-corrected chi connectivity index (χ4v) is 2.41. The largest absolute Gasteiger partial charge is 0.248 e. The van der Waals surface area contributed by atoms with Crippen LogP contribution >= 0.6 is 31.9 Å². The lowest BCUT2D eigenvalue weighted by molar-refractivity contribution is 1.08. The minimum Gasteiger partial charge on any atom is -0.248 e. The minimum atomic E-state index is 0.529.